The van der Waals surface area contributed by atoms with Gasteiger partial charge in [-0.05, 0) is 55.7 Å². The number of Topliss-reactive ketones (excluding diaryl/α,β-unsaturated/α-hetero) is 1. The van der Waals surface area contributed by atoms with E-state index in [0.29, 0.717) is 36.3 Å². The van der Waals surface area contributed by atoms with Gasteiger partial charge in [0.1, 0.15) is 18.1 Å². The number of aromatic nitrogens is 3. The first-order chi connectivity index (χ1) is 13.0. The molecule has 2 heterocycles. The molecule has 3 rings (SSSR count). The van der Waals surface area contributed by atoms with Crippen molar-refractivity contribution >= 4 is 23.9 Å². The molecule has 0 spiro atoms. The van der Waals surface area contributed by atoms with Gasteiger partial charge in [-0.2, -0.15) is 5.10 Å². The van der Waals surface area contributed by atoms with E-state index in [4.69, 9.17) is 12.2 Å². The number of phenols is 1. The lowest BCUT2D eigenvalue weighted by atomic mass is 9.89. The Labute approximate surface area is 163 Å². The average Bonchev–Trinajstić information content (AvgIpc) is 3.02. The molecule has 0 saturated carbocycles. The zero-order valence-electron chi connectivity index (χ0n) is 15.4. The third kappa shape index (κ3) is 4.44. The van der Waals surface area contributed by atoms with Gasteiger partial charge in [-0.15, -0.1) is 0 Å². The standard InChI is InChI=1S/C19H24N4O3S/c1-2-3-16-20-21-19(27)23(16)12-17(25)22-10-8-14(9-11-22)18(26)13-4-6-15(24)7-5-13/h4-7,14,24H,2-3,8-12H2,1H3,(H,21,27). The number of benzene rings is 1. The molecule has 7 nitrogen and oxygen atoms in total. The van der Waals surface area contributed by atoms with Gasteiger partial charge in [-0.1, -0.05) is 6.92 Å². The molecule has 1 saturated heterocycles. The van der Waals surface area contributed by atoms with E-state index in [1.54, 1.807) is 21.6 Å². The number of nitrogens with zero attached hydrogens (tertiary/aromatic N) is 3. The summed E-state index contributed by atoms with van der Waals surface area (Å²) in [6, 6.07) is 6.33. The van der Waals surface area contributed by atoms with E-state index < -0.39 is 0 Å². The number of hydrogen-bond acceptors (Lipinski definition) is 5. The minimum atomic E-state index is -0.0923. The number of nitrogens with one attached hydrogen (secondary N) is 1. The van der Waals surface area contributed by atoms with Crippen molar-refractivity contribution in [1.29, 1.82) is 0 Å². The SMILES string of the molecule is CCCc1n[nH]c(=S)n1CC(=O)N1CCC(C(=O)c2ccc(O)cc2)CC1. The van der Waals surface area contributed by atoms with Crippen LogP contribution in [0.25, 0.3) is 0 Å². The number of aryl methyl sites for hydroxylation is 1. The molecule has 2 aromatic rings. The molecule has 144 valence electrons. The molecule has 1 fully saturated rings. The Hall–Kier alpha value is -2.48. The zero-order chi connectivity index (χ0) is 19.4. The fourth-order valence-corrected chi connectivity index (χ4v) is 3.63. The van der Waals surface area contributed by atoms with Crippen LogP contribution in [0, 0.1) is 10.7 Å². The van der Waals surface area contributed by atoms with E-state index in [9.17, 15) is 14.7 Å². The lowest BCUT2D eigenvalue weighted by molar-refractivity contribution is -0.133. The quantitative estimate of drug-likeness (QED) is 0.586. The molecule has 27 heavy (non-hydrogen) atoms. The summed E-state index contributed by atoms with van der Waals surface area (Å²) in [7, 11) is 0. The van der Waals surface area contributed by atoms with Crippen molar-refractivity contribution in [2.75, 3.05) is 13.1 Å². The highest BCUT2D eigenvalue weighted by atomic mass is 32.1. The number of aromatic amines is 1. The molecular weight excluding hydrogens is 364 g/mol. The molecule has 0 aliphatic carbocycles. The number of rotatable bonds is 6. The number of piperidine rings is 1. The molecule has 1 aliphatic heterocycles. The maximum Gasteiger partial charge on any atom is 0.242 e. The monoisotopic (exact) mass is 388 g/mol. The summed E-state index contributed by atoms with van der Waals surface area (Å²) in [4.78, 5) is 27.0. The van der Waals surface area contributed by atoms with Gasteiger partial charge in [-0.25, -0.2) is 0 Å². The van der Waals surface area contributed by atoms with Gasteiger partial charge in [0.25, 0.3) is 0 Å². The molecule has 1 aromatic carbocycles. The molecule has 1 amide bonds. The minimum Gasteiger partial charge on any atom is -0.508 e. The Balaban J connectivity index is 1.58. The van der Waals surface area contributed by atoms with E-state index in [1.807, 2.05) is 0 Å². The number of aromatic hydroxyl groups is 1. The van der Waals surface area contributed by atoms with E-state index in [0.717, 1.165) is 18.7 Å². The first kappa shape index (κ1) is 19.3. The van der Waals surface area contributed by atoms with Gasteiger partial charge in [-0.3, -0.25) is 19.3 Å². The van der Waals surface area contributed by atoms with E-state index in [-0.39, 0.29) is 29.9 Å². The van der Waals surface area contributed by atoms with Crippen LogP contribution in [0.5, 0.6) is 5.75 Å². The summed E-state index contributed by atoms with van der Waals surface area (Å²) < 4.78 is 2.22. The van der Waals surface area contributed by atoms with Crippen molar-refractivity contribution in [3.05, 3.63) is 40.4 Å². The van der Waals surface area contributed by atoms with Crippen LogP contribution in [0.4, 0.5) is 0 Å². The predicted octanol–water partition coefficient (Wildman–Crippen LogP) is 2.72. The third-order valence-electron chi connectivity index (χ3n) is 4.97. The van der Waals surface area contributed by atoms with Crippen molar-refractivity contribution in [2.45, 2.75) is 39.2 Å². The van der Waals surface area contributed by atoms with E-state index in [1.165, 1.54) is 12.1 Å². The van der Waals surface area contributed by atoms with Gasteiger partial charge in [0.15, 0.2) is 10.6 Å². The Morgan fingerprint density at radius 1 is 1.26 bits per heavy atom. The number of likely N-dealkylation sites (tertiary alicyclic amines) is 1. The normalized spacial score (nSPS) is 15.1. The van der Waals surface area contributed by atoms with Crippen molar-refractivity contribution < 1.29 is 14.7 Å². The second-order valence-electron chi connectivity index (χ2n) is 6.85. The van der Waals surface area contributed by atoms with Crippen molar-refractivity contribution in [3.8, 4) is 5.75 Å². The van der Waals surface area contributed by atoms with Crippen LogP contribution in [-0.4, -0.2) is 49.6 Å². The lowest BCUT2D eigenvalue weighted by Crippen LogP contribution is -2.42. The highest BCUT2D eigenvalue weighted by molar-refractivity contribution is 7.71. The van der Waals surface area contributed by atoms with E-state index >= 15 is 0 Å². The van der Waals surface area contributed by atoms with Crippen LogP contribution in [-0.2, 0) is 17.8 Å². The summed E-state index contributed by atoms with van der Waals surface area (Å²) in [6.45, 7) is 3.35. The highest BCUT2D eigenvalue weighted by Gasteiger charge is 2.28. The van der Waals surface area contributed by atoms with Crippen LogP contribution in [0.2, 0.25) is 0 Å². The fourth-order valence-electron chi connectivity index (χ4n) is 3.42. The number of carbonyl (C=O) groups excluding carboxylic acids is 2. The molecule has 0 atom stereocenters. The summed E-state index contributed by atoms with van der Waals surface area (Å²) in [6.07, 6.45) is 2.98. The zero-order valence-corrected chi connectivity index (χ0v) is 16.2. The first-order valence-corrected chi connectivity index (χ1v) is 9.65. The second-order valence-corrected chi connectivity index (χ2v) is 7.23. The highest BCUT2D eigenvalue weighted by Crippen LogP contribution is 2.23. The number of amides is 1. The Kier molecular flexibility index (Phi) is 6.05. The molecule has 0 radical (unpaired) electrons. The number of H-pyrrole nitrogens is 1. The van der Waals surface area contributed by atoms with Gasteiger partial charge in [0.05, 0.1) is 0 Å². The smallest absolute Gasteiger partial charge is 0.242 e. The average molecular weight is 388 g/mol. The predicted molar refractivity (Wildman–Crippen MR) is 103 cm³/mol. The lowest BCUT2D eigenvalue weighted by Gasteiger charge is -2.31. The molecule has 0 bridgehead atoms. The van der Waals surface area contributed by atoms with Crippen molar-refractivity contribution in [2.24, 2.45) is 5.92 Å². The van der Waals surface area contributed by atoms with Gasteiger partial charge < -0.3 is 10.0 Å². The maximum absolute atomic E-state index is 12.7. The van der Waals surface area contributed by atoms with Crippen LogP contribution in [0.3, 0.4) is 0 Å². The Morgan fingerprint density at radius 3 is 2.56 bits per heavy atom. The Bertz CT molecular complexity index is 864. The van der Waals surface area contributed by atoms with Crippen molar-refractivity contribution in [3.63, 3.8) is 0 Å². The van der Waals surface area contributed by atoms with E-state index in [2.05, 4.69) is 17.1 Å². The molecule has 8 heteroatoms. The van der Waals surface area contributed by atoms with Crippen LogP contribution in [0.15, 0.2) is 24.3 Å². The largest absolute Gasteiger partial charge is 0.508 e. The van der Waals surface area contributed by atoms with Gasteiger partial charge >= 0.3 is 0 Å². The van der Waals surface area contributed by atoms with Crippen LogP contribution < -0.4 is 0 Å². The molecule has 2 N–H and O–H groups in total. The number of ketones is 1. The number of carbonyl (C=O) groups is 2. The number of hydrogen-bond donors (Lipinski definition) is 2. The second kappa shape index (κ2) is 8.47. The van der Waals surface area contributed by atoms with Crippen LogP contribution in [0.1, 0.15) is 42.4 Å². The summed E-state index contributed by atoms with van der Waals surface area (Å²) >= 11 is 5.23. The third-order valence-corrected chi connectivity index (χ3v) is 5.29. The van der Waals surface area contributed by atoms with Crippen LogP contribution >= 0.6 is 12.2 Å². The minimum absolute atomic E-state index is 0.000357. The summed E-state index contributed by atoms with van der Waals surface area (Å²) in [5, 5.41) is 16.3. The molecular formula is C19H24N4O3S. The van der Waals surface area contributed by atoms with Crippen molar-refractivity contribution in [1.82, 2.24) is 19.7 Å². The maximum atomic E-state index is 12.7. The van der Waals surface area contributed by atoms with Gasteiger partial charge in [0, 0.05) is 31.0 Å². The molecule has 0 unspecified atom stereocenters. The Morgan fingerprint density at radius 2 is 1.93 bits per heavy atom. The molecule has 1 aliphatic rings. The summed E-state index contributed by atoms with van der Waals surface area (Å²) in [5.41, 5.74) is 0.603. The summed E-state index contributed by atoms with van der Waals surface area (Å²) in [5.74, 6) is 0.926. The fraction of sp³-hybridized carbons (Fsp3) is 0.474. The van der Waals surface area contributed by atoms with Gasteiger partial charge in [0.2, 0.25) is 5.91 Å². The molecule has 1 aromatic heterocycles. The first-order valence-electron chi connectivity index (χ1n) is 9.24. The number of phenolic OH excluding ortho intramolecular Hbond substituents is 1. The topological polar surface area (TPSA) is 91.2 Å².